The lowest BCUT2D eigenvalue weighted by Crippen LogP contribution is -2.40. The smallest absolute Gasteiger partial charge is 0.292 e. The second kappa shape index (κ2) is 5.66. The van der Waals surface area contributed by atoms with Gasteiger partial charge in [0.1, 0.15) is 5.69 Å². The highest BCUT2D eigenvalue weighted by Gasteiger charge is 2.28. The van der Waals surface area contributed by atoms with Crippen LogP contribution in [0.25, 0.3) is 0 Å². The van der Waals surface area contributed by atoms with Gasteiger partial charge in [0.05, 0.1) is 4.92 Å². The zero-order valence-electron chi connectivity index (χ0n) is 12.1. The first-order valence-corrected chi connectivity index (χ1v) is 6.86. The molecule has 1 aliphatic heterocycles. The minimum absolute atomic E-state index is 0.0407. The fraction of sp³-hybridized carbons (Fsp3) is 0.571. The number of nitro groups is 1. The van der Waals surface area contributed by atoms with E-state index < -0.39 is 4.92 Å². The Kier molecular flexibility index (Phi) is 4.13. The van der Waals surface area contributed by atoms with Crippen LogP contribution in [0, 0.1) is 15.5 Å². The lowest BCUT2D eigenvalue weighted by Gasteiger charge is -2.38. The van der Waals surface area contributed by atoms with Crippen LogP contribution in [0.15, 0.2) is 18.2 Å². The normalized spacial score (nSPS) is 18.7. The zero-order chi connectivity index (χ0) is 14.8. The lowest BCUT2D eigenvalue weighted by molar-refractivity contribution is -0.383. The van der Waals surface area contributed by atoms with Crippen LogP contribution in [0.2, 0.25) is 0 Å². The van der Waals surface area contributed by atoms with E-state index in [1.807, 2.05) is 0 Å². The number of hydrogen-bond donors (Lipinski definition) is 2. The highest BCUT2D eigenvalue weighted by atomic mass is 16.6. The standard InChI is InChI=1S/C14H22N4O2/c1-14(5-7-17(2)8-6-14)10-16-11-3-4-13(18(19)20)12(15)9-11/h3-4,9,16H,5-8,10,15H2,1-2H3. The van der Waals surface area contributed by atoms with Crippen LogP contribution in [0.4, 0.5) is 17.1 Å². The van der Waals surface area contributed by atoms with E-state index in [2.05, 4.69) is 24.2 Å². The summed E-state index contributed by atoms with van der Waals surface area (Å²) in [6.07, 6.45) is 2.30. The number of likely N-dealkylation sites (tertiary alicyclic amines) is 1. The number of nitrogens with one attached hydrogen (secondary N) is 1. The highest BCUT2D eigenvalue weighted by molar-refractivity contribution is 5.65. The van der Waals surface area contributed by atoms with Crippen molar-refractivity contribution < 1.29 is 4.92 Å². The second-order valence-electron chi connectivity index (χ2n) is 6.00. The van der Waals surface area contributed by atoms with Crippen molar-refractivity contribution in [1.82, 2.24) is 4.90 Å². The molecule has 0 saturated carbocycles. The molecule has 2 rings (SSSR count). The van der Waals surface area contributed by atoms with Crippen LogP contribution in [0.5, 0.6) is 0 Å². The molecule has 0 spiro atoms. The summed E-state index contributed by atoms with van der Waals surface area (Å²) >= 11 is 0. The molecule has 0 amide bonds. The number of anilines is 2. The molecule has 1 saturated heterocycles. The maximum atomic E-state index is 10.7. The molecular formula is C14H22N4O2. The molecule has 0 aliphatic carbocycles. The number of nitrogens with two attached hydrogens (primary N) is 1. The van der Waals surface area contributed by atoms with Gasteiger partial charge in [0.25, 0.3) is 5.69 Å². The van der Waals surface area contributed by atoms with Crippen LogP contribution >= 0.6 is 0 Å². The van der Waals surface area contributed by atoms with E-state index in [1.165, 1.54) is 6.07 Å². The van der Waals surface area contributed by atoms with Crippen molar-refractivity contribution >= 4 is 17.1 Å². The third kappa shape index (κ3) is 3.39. The van der Waals surface area contributed by atoms with Gasteiger partial charge in [0, 0.05) is 18.3 Å². The largest absolute Gasteiger partial charge is 0.393 e. The summed E-state index contributed by atoms with van der Waals surface area (Å²) in [5.74, 6) is 0. The van der Waals surface area contributed by atoms with Gasteiger partial charge >= 0.3 is 0 Å². The predicted molar refractivity (Wildman–Crippen MR) is 80.8 cm³/mol. The van der Waals surface area contributed by atoms with E-state index in [0.717, 1.165) is 38.2 Å². The Bertz CT molecular complexity index is 496. The second-order valence-corrected chi connectivity index (χ2v) is 6.00. The Labute approximate surface area is 119 Å². The Morgan fingerprint density at radius 1 is 1.45 bits per heavy atom. The molecule has 0 aromatic heterocycles. The molecule has 6 heteroatoms. The molecule has 3 N–H and O–H groups in total. The van der Waals surface area contributed by atoms with Gasteiger partial charge in [-0.3, -0.25) is 10.1 Å². The fourth-order valence-electron chi connectivity index (χ4n) is 2.48. The van der Waals surface area contributed by atoms with Gasteiger partial charge in [0.15, 0.2) is 0 Å². The highest BCUT2D eigenvalue weighted by Crippen LogP contribution is 2.31. The van der Waals surface area contributed by atoms with Crippen LogP contribution in [0.3, 0.4) is 0 Å². The summed E-state index contributed by atoms with van der Waals surface area (Å²) in [4.78, 5) is 12.6. The molecule has 1 heterocycles. The van der Waals surface area contributed by atoms with E-state index in [1.54, 1.807) is 12.1 Å². The quantitative estimate of drug-likeness (QED) is 0.501. The van der Waals surface area contributed by atoms with Crippen LogP contribution in [-0.4, -0.2) is 36.5 Å². The predicted octanol–water partition coefficient (Wildman–Crippen LogP) is 2.32. The first-order chi connectivity index (χ1) is 9.39. The Morgan fingerprint density at radius 3 is 2.65 bits per heavy atom. The number of nitrogen functional groups attached to an aromatic ring is 1. The van der Waals surface area contributed by atoms with Gasteiger partial charge in [-0.2, -0.15) is 0 Å². The van der Waals surface area contributed by atoms with Crippen molar-refractivity contribution in [3.05, 3.63) is 28.3 Å². The Hall–Kier alpha value is -1.82. The van der Waals surface area contributed by atoms with E-state index in [0.29, 0.717) is 0 Å². The molecule has 0 unspecified atom stereocenters. The van der Waals surface area contributed by atoms with Gasteiger partial charge in [0.2, 0.25) is 0 Å². The van der Waals surface area contributed by atoms with Crippen molar-refractivity contribution in [3.8, 4) is 0 Å². The average molecular weight is 278 g/mol. The van der Waals surface area contributed by atoms with Gasteiger partial charge in [-0.25, -0.2) is 0 Å². The SMILES string of the molecule is CN1CCC(C)(CNc2ccc([N+](=O)[O-])c(N)c2)CC1. The molecule has 0 bridgehead atoms. The minimum atomic E-state index is -0.461. The topological polar surface area (TPSA) is 84.4 Å². The summed E-state index contributed by atoms with van der Waals surface area (Å²) in [6, 6.07) is 4.80. The first-order valence-electron chi connectivity index (χ1n) is 6.86. The molecule has 1 aliphatic rings. The monoisotopic (exact) mass is 278 g/mol. The summed E-state index contributed by atoms with van der Waals surface area (Å²) in [5.41, 5.74) is 6.96. The third-order valence-corrected chi connectivity index (χ3v) is 4.14. The fourth-order valence-corrected chi connectivity index (χ4v) is 2.48. The van der Waals surface area contributed by atoms with Gasteiger partial charge < -0.3 is 16.0 Å². The molecule has 1 fully saturated rings. The van der Waals surface area contributed by atoms with Gasteiger partial charge in [-0.1, -0.05) is 6.92 Å². The molecule has 6 nitrogen and oxygen atoms in total. The third-order valence-electron chi connectivity index (χ3n) is 4.14. The zero-order valence-corrected chi connectivity index (χ0v) is 12.1. The maximum absolute atomic E-state index is 10.7. The van der Waals surface area contributed by atoms with Gasteiger partial charge in [-0.15, -0.1) is 0 Å². The number of benzene rings is 1. The van der Waals surface area contributed by atoms with Crippen molar-refractivity contribution in [2.24, 2.45) is 5.41 Å². The summed E-state index contributed by atoms with van der Waals surface area (Å²) in [6.45, 7) is 5.36. The average Bonchev–Trinajstić information content (AvgIpc) is 2.40. The number of piperidine rings is 1. The number of rotatable bonds is 4. The summed E-state index contributed by atoms with van der Waals surface area (Å²) < 4.78 is 0. The van der Waals surface area contributed by atoms with Crippen molar-refractivity contribution in [2.75, 3.05) is 37.7 Å². The van der Waals surface area contributed by atoms with Crippen molar-refractivity contribution in [2.45, 2.75) is 19.8 Å². The lowest BCUT2D eigenvalue weighted by atomic mass is 9.80. The van der Waals surface area contributed by atoms with Crippen molar-refractivity contribution in [3.63, 3.8) is 0 Å². The summed E-state index contributed by atoms with van der Waals surface area (Å²) in [5, 5.41) is 14.1. The van der Waals surface area contributed by atoms with E-state index in [-0.39, 0.29) is 16.8 Å². The molecule has 20 heavy (non-hydrogen) atoms. The molecule has 1 aromatic carbocycles. The van der Waals surface area contributed by atoms with E-state index in [4.69, 9.17) is 5.73 Å². The van der Waals surface area contributed by atoms with Crippen LogP contribution < -0.4 is 11.1 Å². The number of hydrogen-bond acceptors (Lipinski definition) is 5. The molecule has 110 valence electrons. The van der Waals surface area contributed by atoms with Crippen LogP contribution in [0.1, 0.15) is 19.8 Å². The Balaban J connectivity index is 1.97. The Morgan fingerprint density at radius 2 is 2.10 bits per heavy atom. The first kappa shape index (κ1) is 14.6. The number of nitrogens with zero attached hydrogens (tertiary/aromatic N) is 2. The van der Waals surface area contributed by atoms with E-state index >= 15 is 0 Å². The molecule has 0 radical (unpaired) electrons. The number of nitro benzene ring substituents is 1. The van der Waals surface area contributed by atoms with E-state index in [9.17, 15) is 10.1 Å². The molecule has 1 aromatic rings. The van der Waals surface area contributed by atoms with Gasteiger partial charge in [-0.05, 0) is 50.5 Å². The van der Waals surface area contributed by atoms with Crippen LogP contribution in [-0.2, 0) is 0 Å². The minimum Gasteiger partial charge on any atom is -0.393 e. The maximum Gasteiger partial charge on any atom is 0.292 e. The molecular weight excluding hydrogens is 256 g/mol. The summed E-state index contributed by atoms with van der Waals surface area (Å²) in [7, 11) is 2.14. The van der Waals surface area contributed by atoms with Crippen molar-refractivity contribution in [1.29, 1.82) is 0 Å². The molecule has 0 atom stereocenters.